The van der Waals surface area contributed by atoms with Crippen LogP contribution in [0.2, 0.25) is 0 Å². The van der Waals surface area contributed by atoms with Crippen LogP contribution in [0.3, 0.4) is 0 Å². The van der Waals surface area contributed by atoms with Gasteiger partial charge in [-0.25, -0.2) is 0 Å². The third-order valence-corrected chi connectivity index (χ3v) is 2.71. The summed E-state index contributed by atoms with van der Waals surface area (Å²) in [6.45, 7) is 8.82. The molecular formula is C9H17NO2. The van der Waals surface area contributed by atoms with Gasteiger partial charge in [0.2, 0.25) is 0 Å². The van der Waals surface area contributed by atoms with Gasteiger partial charge in [0.05, 0.1) is 11.8 Å². The first-order valence-electron chi connectivity index (χ1n) is 4.39. The maximum atomic E-state index is 8.71. The quantitative estimate of drug-likeness (QED) is 0.509. The number of hydrogen-bond acceptors (Lipinski definition) is 3. The second-order valence-electron chi connectivity index (χ2n) is 3.87. The average Bonchev–Trinajstić information content (AvgIpc) is 2.00. The smallest absolute Gasteiger partial charge is 0.0758 e. The van der Waals surface area contributed by atoms with E-state index in [1.54, 1.807) is 0 Å². The van der Waals surface area contributed by atoms with E-state index in [-0.39, 0.29) is 17.4 Å². The van der Waals surface area contributed by atoms with Gasteiger partial charge in [-0.2, -0.15) is 0 Å². The fraction of sp³-hybridized carbons (Fsp3) is 0.889. The summed E-state index contributed by atoms with van der Waals surface area (Å²) >= 11 is 0. The maximum absolute atomic E-state index is 8.71. The minimum Gasteiger partial charge on any atom is -0.411 e. The molecule has 0 saturated heterocycles. The van der Waals surface area contributed by atoms with Crippen LogP contribution in [-0.2, 0) is 4.74 Å². The Labute approximate surface area is 73.4 Å². The predicted molar refractivity (Wildman–Crippen MR) is 47.6 cm³/mol. The predicted octanol–water partition coefficient (Wildman–Crippen LogP) is 1.90. The van der Waals surface area contributed by atoms with Crippen LogP contribution in [0.25, 0.3) is 0 Å². The lowest BCUT2D eigenvalue weighted by molar-refractivity contribution is -0.0465. The Morgan fingerprint density at radius 3 is 2.50 bits per heavy atom. The van der Waals surface area contributed by atoms with E-state index in [4.69, 9.17) is 9.94 Å². The lowest BCUT2D eigenvalue weighted by Gasteiger charge is -2.49. The molecule has 0 amide bonds. The summed E-state index contributed by atoms with van der Waals surface area (Å²) in [5.41, 5.74) is 0.755. The van der Waals surface area contributed by atoms with E-state index in [0.717, 1.165) is 12.3 Å². The fourth-order valence-electron chi connectivity index (χ4n) is 2.16. The van der Waals surface area contributed by atoms with Crippen LogP contribution in [0, 0.1) is 11.3 Å². The Morgan fingerprint density at radius 2 is 2.17 bits per heavy atom. The first-order chi connectivity index (χ1) is 5.55. The van der Waals surface area contributed by atoms with Gasteiger partial charge in [0, 0.05) is 17.9 Å². The van der Waals surface area contributed by atoms with Crippen LogP contribution in [0.15, 0.2) is 5.16 Å². The van der Waals surface area contributed by atoms with Crippen molar-refractivity contribution in [1.82, 2.24) is 0 Å². The summed E-state index contributed by atoms with van der Waals surface area (Å²) in [5, 5.41) is 12.0. The number of oxime groups is 1. The first kappa shape index (κ1) is 9.52. The lowest BCUT2D eigenvalue weighted by atomic mass is 9.60. The van der Waals surface area contributed by atoms with Crippen molar-refractivity contribution in [3.05, 3.63) is 0 Å². The number of hydrogen-bond donors (Lipinski definition) is 1. The molecule has 1 aliphatic carbocycles. The van der Waals surface area contributed by atoms with Crippen LogP contribution in [0.5, 0.6) is 0 Å². The van der Waals surface area contributed by atoms with Gasteiger partial charge in [0.15, 0.2) is 0 Å². The number of ether oxygens (including phenoxy) is 1. The van der Waals surface area contributed by atoms with Gasteiger partial charge in [-0.15, -0.1) is 0 Å². The SMILES string of the molecule is CCOC1C(C)/C(=N\O)C1(C)C. The monoisotopic (exact) mass is 171 g/mol. The largest absolute Gasteiger partial charge is 0.411 e. The molecule has 0 bridgehead atoms. The Kier molecular flexibility index (Phi) is 2.42. The molecule has 0 spiro atoms. The second kappa shape index (κ2) is 3.05. The van der Waals surface area contributed by atoms with Crippen molar-refractivity contribution in [2.75, 3.05) is 6.61 Å². The molecule has 12 heavy (non-hydrogen) atoms. The fourth-order valence-corrected chi connectivity index (χ4v) is 2.16. The Bertz CT molecular complexity index is 199. The van der Waals surface area contributed by atoms with Crippen molar-refractivity contribution < 1.29 is 9.94 Å². The number of rotatable bonds is 2. The van der Waals surface area contributed by atoms with Crippen molar-refractivity contribution >= 4 is 5.71 Å². The summed E-state index contributed by atoms with van der Waals surface area (Å²) in [6.07, 6.45) is 0.202. The number of nitrogens with zero attached hydrogens (tertiary/aromatic N) is 1. The molecule has 70 valence electrons. The molecule has 0 aliphatic heterocycles. The summed E-state index contributed by atoms with van der Waals surface area (Å²) in [4.78, 5) is 0. The average molecular weight is 171 g/mol. The van der Waals surface area contributed by atoms with Crippen LogP contribution >= 0.6 is 0 Å². The highest BCUT2D eigenvalue weighted by Gasteiger charge is 2.52. The third-order valence-electron chi connectivity index (χ3n) is 2.71. The van der Waals surface area contributed by atoms with Crippen molar-refractivity contribution in [3.8, 4) is 0 Å². The molecule has 3 nitrogen and oxygen atoms in total. The van der Waals surface area contributed by atoms with Crippen LogP contribution < -0.4 is 0 Å². The van der Waals surface area contributed by atoms with Crippen molar-refractivity contribution in [2.45, 2.75) is 33.8 Å². The van der Waals surface area contributed by atoms with Gasteiger partial charge >= 0.3 is 0 Å². The van der Waals surface area contributed by atoms with Crippen molar-refractivity contribution in [3.63, 3.8) is 0 Å². The molecule has 1 N–H and O–H groups in total. The summed E-state index contributed by atoms with van der Waals surface area (Å²) in [6, 6.07) is 0. The minimum atomic E-state index is -0.0931. The lowest BCUT2D eigenvalue weighted by Crippen LogP contribution is -2.58. The molecule has 1 rings (SSSR count). The van der Waals surface area contributed by atoms with E-state index < -0.39 is 0 Å². The van der Waals surface area contributed by atoms with Gasteiger partial charge < -0.3 is 9.94 Å². The van der Waals surface area contributed by atoms with E-state index in [9.17, 15) is 0 Å². The molecule has 1 saturated carbocycles. The van der Waals surface area contributed by atoms with Crippen molar-refractivity contribution in [2.24, 2.45) is 16.5 Å². The summed E-state index contributed by atoms with van der Waals surface area (Å²) < 4.78 is 5.55. The minimum absolute atomic E-state index is 0.0931. The van der Waals surface area contributed by atoms with Gasteiger partial charge in [0.1, 0.15) is 0 Å². The topological polar surface area (TPSA) is 41.8 Å². The Hall–Kier alpha value is -0.570. The Balaban J connectivity index is 2.70. The molecule has 2 atom stereocenters. The van der Waals surface area contributed by atoms with E-state index in [2.05, 4.69) is 5.16 Å². The molecule has 3 heteroatoms. The second-order valence-corrected chi connectivity index (χ2v) is 3.87. The van der Waals surface area contributed by atoms with Crippen LogP contribution in [0.4, 0.5) is 0 Å². The van der Waals surface area contributed by atoms with E-state index in [1.807, 2.05) is 27.7 Å². The zero-order valence-corrected chi connectivity index (χ0v) is 8.16. The summed E-state index contributed by atoms with van der Waals surface area (Å²) in [7, 11) is 0. The molecule has 2 unspecified atom stereocenters. The molecule has 1 aliphatic rings. The normalized spacial score (nSPS) is 36.5. The maximum Gasteiger partial charge on any atom is 0.0758 e. The zero-order chi connectivity index (χ0) is 9.35. The standard InChI is InChI=1S/C9H17NO2/c1-5-12-8-6(2)7(10-11)9(8,3)4/h6,8,11H,5H2,1-4H3/b10-7+. The highest BCUT2D eigenvalue weighted by Crippen LogP contribution is 2.44. The molecule has 0 radical (unpaired) electrons. The molecular weight excluding hydrogens is 154 g/mol. The van der Waals surface area contributed by atoms with Crippen molar-refractivity contribution in [1.29, 1.82) is 0 Å². The van der Waals surface area contributed by atoms with E-state index >= 15 is 0 Å². The highest BCUT2D eigenvalue weighted by molar-refractivity contribution is 5.98. The molecule has 0 aromatic rings. The van der Waals surface area contributed by atoms with Crippen LogP contribution in [-0.4, -0.2) is 23.6 Å². The van der Waals surface area contributed by atoms with Gasteiger partial charge in [-0.1, -0.05) is 25.9 Å². The molecule has 0 aromatic carbocycles. The summed E-state index contributed by atoms with van der Waals surface area (Å²) in [5.74, 6) is 0.255. The van der Waals surface area contributed by atoms with E-state index in [0.29, 0.717) is 0 Å². The first-order valence-corrected chi connectivity index (χ1v) is 4.39. The van der Waals surface area contributed by atoms with Gasteiger partial charge in [-0.3, -0.25) is 0 Å². The molecule has 0 heterocycles. The van der Waals surface area contributed by atoms with Gasteiger partial charge in [-0.05, 0) is 6.92 Å². The van der Waals surface area contributed by atoms with Crippen LogP contribution in [0.1, 0.15) is 27.7 Å². The highest BCUT2D eigenvalue weighted by atomic mass is 16.5. The zero-order valence-electron chi connectivity index (χ0n) is 8.16. The molecule has 0 aromatic heterocycles. The Morgan fingerprint density at radius 1 is 1.58 bits per heavy atom. The van der Waals surface area contributed by atoms with E-state index in [1.165, 1.54) is 0 Å². The molecule has 1 fully saturated rings. The van der Waals surface area contributed by atoms with Gasteiger partial charge in [0.25, 0.3) is 0 Å². The third kappa shape index (κ3) is 1.12.